The van der Waals surface area contributed by atoms with Crippen LogP contribution in [-0.2, 0) is 25.5 Å². The molecule has 1 aliphatic heterocycles. The summed E-state index contributed by atoms with van der Waals surface area (Å²) in [6.07, 6.45) is -7.55. The number of esters is 1. The van der Waals surface area contributed by atoms with Crippen LogP contribution in [0.2, 0.25) is 0 Å². The third kappa shape index (κ3) is 5.86. The van der Waals surface area contributed by atoms with Gasteiger partial charge in [0.15, 0.2) is 12.3 Å². The summed E-state index contributed by atoms with van der Waals surface area (Å²) >= 11 is 0. The lowest BCUT2D eigenvalue weighted by atomic mass is 9.99. The van der Waals surface area contributed by atoms with Crippen molar-refractivity contribution < 1.29 is 50.3 Å². The summed E-state index contributed by atoms with van der Waals surface area (Å²) in [4.78, 5) is 23.8. The van der Waals surface area contributed by atoms with E-state index in [1.54, 1.807) is 12.1 Å². The molecule has 1 aromatic rings. The highest BCUT2D eigenvalue weighted by Crippen LogP contribution is 2.20. The maximum Gasteiger partial charge on any atom is 0.325 e. The van der Waals surface area contributed by atoms with Crippen LogP contribution in [0.1, 0.15) is 5.56 Å². The standard InChI is InChI=1S/C17H24N2O9/c18-10(5-8-1-3-9(20)4-2-8)16(25)19-6-12(21)27-7-11-13(22)14(23)15(24)17(26)28-11/h1-4,10-11,13-15,17,20,22-24,26H,5-7,18H2,(H,19,25)/p+1/t10-,11+,13+,14-,15+,17-/m0/s1. The van der Waals surface area contributed by atoms with Crippen LogP contribution in [-0.4, -0.2) is 87.3 Å². The smallest absolute Gasteiger partial charge is 0.325 e. The first-order valence-corrected chi connectivity index (χ1v) is 8.61. The van der Waals surface area contributed by atoms with Crippen molar-refractivity contribution in [2.75, 3.05) is 13.2 Å². The number of aliphatic hydroxyl groups excluding tert-OH is 4. The third-order valence-corrected chi connectivity index (χ3v) is 4.29. The van der Waals surface area contributed by atoms with Gasteiger partial charge in [-0.15, -0.1) is 0 Å². The molecule has 9 N–H and O–H groups in total. The van der Waals surface area contributed by atoms with E-state index in [0.717, 1.165) is 5.56 Å². The predicted octanol–water partition coefficient (Wildman–Crippen LogP) is -4.00. The summed E-state index contributed by atoms with van der Waals surface area (Å²) in [5, 5.41) is 49.7. The minimum Gasteiger partial charge on any atom is -0.508 e. The second kappa shape index (κ2) is 9.78. The van der Waals surface area contributed by atoms with E-state index in [1.807, 2.05) is 0 Å². The maximum absolute atomic E-state index is 12.0. The summed E-state index contributed by atoms with van der Waals surface area (Å²) < 4.78 is 9.73. The molecule has 1 aromatic carbocycles. The van der Waals surface area contributed by atoms with Gasteiger partial charge in [0.2, 0.25) is 0 Å². The Balaban J connectivity index is 1.72. The third-order valence-electron chi connectivity index (χ3n) is 4.29. The van der Waals surface area contributed by atoms with Gasteiger partial charge in [0.1, 0.15) is 43.3 Å². The number of hydrogen-bond donors (Lipinski definition) is 7. The van der Waals surface area contributed by atoms with E-state index in [4.69, 9.17) is 9.47 Å². The quantitative estimate of drug-likeness (QED) is 0.223. The lowest BCUT2D eigenvalue weighted by Crippen LogP contribution is -2.68. The fourth-order valence-electron chi connectivity index (χ4n) is 2.61. The van der Waals surface area contributed by atoms with Gasteiger partial charge in [-0.25, -0.2) is 0 Å². The zero-order valence-electron chi connectivity index (χ0n) is 15.0. The Morgan fingerprint density at radius 2 is 1.75 bits per heavy atom. The number of nitrogens with one attached hydrogen (secondary N) is 1. The predicted molar refractivity (Wildman–Crippen MR) is 91.4 cm³/mol. The van der Waals surface area contributed by atoms with E-state index in [-0.39, 0.29) is 5.75 Å². The minimum atomic E-state index is -1.73. The summed E-state index contributed by atoms with van der Waals surface area (Å²) in [5.74, 6) is -1.19. The lowest BCUT2D eigenvalue weighted by Gasteiger charge is -2.37. The van der Waals surface area contributed by atoms with Crippen molar-refractivity contribution in [3.8, 4) is 5.75 Å². The molecule has 0 aromatic heterocycles. The second-order valence-electron chi connectivity index (χ2n) is 6.51. The van der Waals surface area contributed by atoms with Crippen molar-refractivity contribution in [2.24, 2.45) is 0 Å². The largest absolute Gasteiger partial charge is 0.508 e. The monoisotopic (exact) mass is 401 g/mol. The number of hydrogen-bond acceptors (Lipinski definition) is 9. The molecule has 1 fully saturated rings. The molecule has 1 heterocycles. The number of benzene rings is 1. The van der Waals surface area contributed by atoms with E-state index >= 15 is 0 Å². The van der Waals surface area contributed by atoms with Gasteiger partial charge >= 0.3 is 5.97 Å². The molecule has 0 aliphatic carbocycles. The first-order chi connectivity index (χ1) is 13.2. The zero-order chi connectivity index (χ0) is 20.8. The molecular formula is C17H25N2O9+. The molecule has 0 saturated carbocycles. The Labute approximate surface area is 160 Å². The Hall–Kier alpha value is -2.28. The Morgan fingerprint density at radius 1 is 1.11 bits per heavy atom. The van der Waals surface area contributed by atoms with Crippen LogP contribution < -0.4 is 11.1 Å². The van der Waals surface area contributed by atoms with E-state index in [1.165, 1.54) is 12.1 Å². The molecule has 1 amide bonds. The van der Waals surface area contributed by atoms with Gasteiger partial charge in [0.25, 0.3) is 5.91 Å². The molecule has 1 saturated heterocycles. The fourth-order valence-corrected chi connectivity index (χ4v) is 2.61. The zero-order valence-corrected chi connectivity index (χ0v) is 15.0. The van der Waals surface area contributed by atoms with Gasteiger partial charge in [-0.3, -0.25) is 9.59 Å². The highest BCUT2D eigenvalue weighted by molar-refractivity contribution is 5.84. The molecule has 11 heteroatoms. The molecule has 28 heavy (non-hydrogen) atoms. The number of aliphatic hydroxyl groups is 4. The van der Waals surface area contributed by atoms with Crippen molar-refractivity contribution in [3.05, 3.63) is 29.8 Å². The molecule has 0 radical (unpaired) electrons. The van der Waals surface area contributed by atoms with E-state index in [9.17, 15) is 35.1 Å². The van der Waals surface area contributed by atoms with Crippen molar-refractivity contribution in [2.45, 2.75) is 43.2 Å². The molecular weight excluding hydrogens is 376 g/mol. The highest BCUT2D eigenvalue weighted by atomic mass is 16.6. The number of quaternary nitrogens is 1. The number of amides is 1. The van der Waals surface area contributed by atoms with Gasteiger partial charge in [-0.2, -0.15) is 0 Å². The summed E-state index contributed by atoms with van der Waals surface area (Å²) in [6, 6.07) is 5.62. The molecule has 2 rings (SSSR count). The summed E-state index contributed by atoms with van der Waals surface area (Å²) in [7, 11) is 0. The van der Waals surface area contributed by atoms with E-state index in [0.29, 0.717) is 6.42 Å². The molecule has 1 aliphatic rings. The molecule has 0 unspecified atom stereocenters. The Bertz CT molecular complexity index is 669. The van der Waals surface area contributed by atoms with Gasteiger partial charge in [0, 0.05) is 6.42 Å². The first-order valence-electron chi connectivity index (χ1n) is 8.61. The van der Waals surface area contributed by atoms with Crippen molar-refractivity contribution in [1.82, 2.24) is 5.32 Å². The average Bonchev–Trinajstić information content (AvgIpc) is 2.67. The van der Waals surface area contributed by atoms with Crippen LogP contribution in [0.5, 0.6) is 5.75 Å². The van der Waals surface area contributed by atoms with Crippen LogP contribution in [0, 0.1) is 0 Å². The SMILES string of the molecule is [NH3+][C@@H](Cc1ccc(O)cc1)C(=O)NCC(=O)OC[C@H]1O[C@H](O)[C@H](O)[C@@H](O)[C@@H]1O. The molecule has 0 bridgehead atoms. The van der Waals surface area contributed by atoms with Crippen LogP contribution >= 0.6 is 0 Å². The van der Waals surface area contributed by atoms with Crippen LogP contribution in [0.25, 0.3) is 0 Å². The normalized spacial score (nSPS) is 28.4. The maximum atomic E-state index is 12.0. The van der Waals surface area contributed by atoms with Crippen molar-refractivity contribution in [3.63, 3.8) is 0 Å². The number of phenols is 1. The van der Waals surface area contributed by atoms with Crippen LogP contribution in [0.4, 0.5) is 0 Å². The Kier molecular flexibility index (Phi) is 7.69. The average molecular weight is 401 g/mol. The van der Waals surface area contributed by atoms with Gasteiger partial charge in [-0.05, 0) is 17.7 Å². The number of carbonyl (C=O) groups is 2. The first kappa shape index (κ1) is 22.0. The summed E-state index contributed by atoms with van der Waals surface area (Å²) in [6.45, 7) is -0.936. The molecule has 11 nitrogen and oxygen atoms in total. The van der Waals surface area contributed by atoms with E-state index in [2.05, 4.69) is 11.1 Å². The number of carbonyl (C=O) groups excluding carboxylic acids is 2. The highest BCUT2D eigenvalue weighted by Gasteiger charge is 2.43. The van der Waals surface area contributed by atoms with Gasteiger partial charge in [0.05, 0.1) is 0 Å². The minimum absolute atomic E-state index is 0.109. The van der Waals surface area contributed by atoms with Crippen molar-refractivity contribution in [1.29, 1.82) is 0 Å². The molecule has 6 atom stereocenters. The number of ether oxygens (including phenoxy) is 2. The Morgan fingerprint density at radius 3 is 2.39 bits per heavy atom. The lowest BCUT2D eigenvalue weighted by molar-refractivity contribution is -0.403. The van der Waals surface area contributed by atoms with Gasteiger partial charge < -0.3 is 46.1 Å². The second-order valence-corrected chi connectivity index (χ2v) is 6.51. The van der Waals surface area contributed by atoms with Gasteiger partial charge in [-0.1, -0.05) is 12.1 Å². The number of phenolic OH excluding ortho intramolecular Hbond substituents is 1. The topological polar surface area (TPSA) is 193 Å². The molecule has 0 spiro atoms. The fraction of sp³-hybridized carbons (Fsp3) is 0.529. The van der Waals surface area contributed by atoms with Crippen LogP contribution in [0.15, 0.2) is 24.3 Å². The molecule has 156 valence electrons. The number of rotatable bonds is 7. The van der Waals surface area contributed by atoms with E-state index < -0.39 is 61.8 Å². The number of aromatic hydroxyl groups is 1. The van der Waals surface area contributed by atoms with Crippen molar-refractivity contribution >= 4 is 11.9 Å². The van der Waals surface area contributed by atoms with Crippen LogP contribution in [0.3, 0.4) is 0 Å². The summed E-state index contributed by atoms with van der Waals surface area (Å²) in [5.41, 5.74) is 4.52.